The molecule has 5 nitrogen and oxygen atoms in total. The van der Waals surface area contributed by atoms with Crippen LogP contribution in [0.1, 0.15) is 46.0 Å². The van der Waals surface area contributed by atoms with Crippen LogP contribution in [0.25, 0.3) is 0 Å². The van der Waals surface area contributed by atoms with Crippen LogP contribution in [-0.2, 0) is 14.6 Å². The van der Waals surface area contributed by atoms with Crippen LogP contribution >= 0.6 is 0 Å². The Morgan fingerprint density at radius 2 is 2.11 bits per heavy atom. The average Bonchev–Trinajstić information content (AvgIpc) is 2.84. The molecule has 1 N–H and O–H groups in total. The lowest BCUT2D eigenvalue weighted by molar-refractivity contribution is -0.130. The van der Waals surface area contributed by atoms with Crippen molar-refractivity contribution in [2.75, 3.05) is 12.3 Å². The number of rotatable bonds is 5. The second-order valence-electron chi connectivity index (χ2n) is 5.55. The van der Waals surface area contributed by atoms with Crippen molar-refractivity contribution in [3.63, 3.8) is 0 Å². The molecule has 19 heavy (non-hydrogen) atoms. The van der Waals surface area contributed by atoms with Crippen LogP contribution in [0.4, 0.5) is 0 Å². The van der Waals surface area contributed by atoms with Crippen molar-refractivity contribution >= 4 is 15.7 Å². The van der Waals surface area contributed by atoms with Crippen molar-refractivity contribution in [2.45, 2.75) is 63.4 Å². The molecular formula is C13H24N2O3S. The summed E-state index contributed by atoms with van der Waals surface area (Å²) in [6.07, 6.45) is 4.06. The zero-order valence-corrected chi connectivity index (χ0v) is 12.6. The molecular weight excluding hydrogens is 264 g/mol. The Labute approximate surface area is 115 Å². The number of hydrogen-bond donors (Lipinski definition) is 1. The van der Waals surface area contributed by atoms with Crippen molar-refractivity contribution in [1.82, 2.24) is 10.2 Å². The number of nitrogens with zero attached hydrogens (tertiary/aromatic N) is 1. The van der Waals surface area contributed by atoms with Crippen LogP contribution in [-0.4, -0.2) is 49.0 Å². The Morgan fingerprint density at radius 1 is 1.37 bits per heavy atom. The van der Waals surface area contributed by atoms with E-state index in [0.717, 1.165) is 25.7 Å². The van der Waals surface area contributed by atoms with Gasteiger partial charge in [-0.15, -0.1) is 0 Å². The number of carbonyl (C=O) groups excluding carboxylic acids is 1. The third kappa shape index (κ3) is 2.94. The Balaban J connectivity index is 2.09. The molecule has 2 saturated heterocycles. The molecule has 2 rings (SSSR count). The molecule has 6 heteroatoms. The van der Waals surface area contributed by atoms with Gasteiger partial charge in [-0.25, -0.2) is 8.42 Å². The zero-order chi connectivity index (χ0) is 14.0. The summed E-state index contributed by atoms with van der Waals surface area (Å²) in [5.74, 6) is 0.353. The summed E-state index contributed by atoms with van der Waals surface area (Å²) < 4.78 is 23.8. The summed E-state index contributed by atoms with van der Waals surface area (Å²) in [6.45, 7) is 4.43. The molecule has 0 aromatic carbocycles. The molecule has 0 bridgehead atoms. The molecule has 2 aliphatic rings. The normalized spacial score (nSPS) is 34.1. The number of nitrogens with one attached hydrogen (secondary N) is 1. The van der Waals surface area contributed by atoms with Gasteiger partial charge < -0.3 is 4.90 Å². The van der Waals surface area contributed by atoms with E-state index in [1.165, 1.54) is 0 Å². The van der Waals surface area contributed by atoms with Crippen LogP contribution in [0, 0.1) is 0 Å². The number of amides is 1. The minimum absolute atomic E-state index is 0.0123. The fourth-order valence-electron chi connectivity index (χ4n) is 3.05. The van der Waals surface area contributed by atoms with Gasteiger partial charge in [-0.1, -0.05) is 20.3 Å². The number of sulfone groups is 1. The lowest BCUT2D eigenvalue weighted by Gasteiger charge is -2.26. The van der Waals surface area contributed by atoms with E-state index < -0.39 is 9.84 Å². The highest BCUT2D eigenvalue weighted by Crippen LogP contribution is 2.25. The molecule has 2 aliphatic heterocycles. The Morgan fingerprint density at radius 3 is 2.63 bits per heavy atom. The van der Waals surface area contributed by atoms with Crippen LogP contribution in [0.3, 0.4) is 0 Å². The first-order valence-corrected chi connectivity index (χ1v) is 8.99. The van der Waals surface area contributed by atoms with Gasteiger partial charge in [-0.2, -0.15) is 0 Å². The highest BCUT2D eigenvalue weighted by atomic mass is 32.2. The minimum atomic E-state index is -2.98. The van der Waals surface area contributed by atoms with Crippen molar-refractivity contribution < 1.29 is 13.2 Å². The predicted octanol–water partition coefficient (Wildman–Crippen LogP) is 0.900. The van der Waals surface area contributed by atoms with Gasteiger partial charge in [0.1, 0.15) is 0 Å². The molecule has 0 aromatic heterocycles. The summed E-state index contributed by atoms with van der Waals surface area (Å²) in [5.41, 5.74) is 0. The maximum atomic E-state index is 12.3. The molecule has 0 saturated carbocycles. The molecule has 0 spiro atoms. The van der Waals surface area contributed by atoms with Gasteiger partial charge >= 0.3 is 0 Å². The van der Waals surface area contributed by atoms with Crippen LogP contribution in [0.15, 0.2) is 0 Å². The lowest BCUT2D eigenvalue weighted by Crippen LogP contribution is -2.43. The molecule has 0 radical (unpaired) electrons. The summed E-state index contributed by atoms with van der Waals surface area (Å²) in [4.78, 5) is 14.1. The Hall–Kier alpha value is -0.620. The lowest BCUT2D eigenvalue weighted by atomic mass is 10.2. The number of carbonyl (C=O) groups is 1. The van der Waals surface area contributed by atoms with E-state index in [9.17, 15) is 13.2 Å². The summed E-state index contributed by atoms with van der Waals surface area (Å²) in [7, 11) is -2.98. The second-order valence-corrected chi connectivity index (χ2v) is 7.95. The van der Waals surface area contributed by atoms with E-state index in [2.05, 4.69) is 12.2 Å². The predicted molar refractivity (Wildman–Crippen MR) is 74.4 cm³/mol. The van der Waals surface area contributed by atoms with Crippen molar-refractivity contribution in [3.8, 4) is 0 Å². The largest absolute Gasteiger partial charge is 0.324 e. The smallest absolute Gasteiger partial charge is 0.241 e. The first kappa shape index (κ1) is 14.8. The highest BCUT2D eigenvalue weighted by Gasteiger charge is 2.41. The van der Waals surface area contributed by atoms with Crippen LogP contribution < -0.4 is 5.32 Å². The van der Waals surface area contributed by atoms with E-state index >= 15 is 0 Å². The van der Waals surface area contributed by atoms with Gasteiger partial charge in [0, 0.05) is 6.54 Å². The summed E-state index contributed by atoms with van der Waals surface area (Å²) >= 11 is 0. The fraction of sp³-hybridized carbons (Fsp3) is 0.923. The van der Waals surface area contributed by atoms with E-state index in [-0.39, 0.29) is 29.1 Å². The van der Waals surface area contributed by atoms with Crippen LogP contribution in [0.5, 0.6) is 0 Å². The summed E-state index contributed by atoms with van der Waals surface area (Å²) in [6, 6.07) is -0.138. The highest BCUT2D eigenvalue weighted by molar-refractivity contribution is 7.92. The molecule has 0 aromatic rings. The van der Waals surface area contributed by atoms with E-state index in [0.29, 0.717) is 13.0 Å². The third-order valence-corrected chi connectivity index (χ3v) is 6.44. The minimum Gasteiger partial charge on any atom is -0.324 e. The average molecular weight is 288 g/mol. The summed E-state index contributed by atoms with van der Waals surface area (Å²) in [5, 5.41) is 2.97. The van der Waals surface area contributed by atoms with Gasteiger partial charge in [-0.05, 0) is 25.7 Å². The van der Waals surface area contributed by atoms with Gasteiger partial charge in [0.25, 0.3) is 0 Å². The van der Waals surface area contributed by atoms with Crippen molar-refractivity contribution in [2.24, 2.45) is 0 Å². The van der Waals surface area contributed by atoms with Gasteiger partial charge in [0.05, 0.1) is 23.2 Å². The zero-order valence-electron chi connectivity index (χ0n) is 11.8. The van der Waals surface area contributed by atoms with Gasteiger partial charge in [0.15, 0.2) is 9.84 Å². The molecule has 110 valence electrons. The molecule has 3 atom stereocenters. The molecule has 2 fully saturated rings. The fourth-order valence-corrected chi connectivity index (χ4v) is 4.87. The van der Waals surface area contributed by atoms with E-state index in [1.54, 1.807) is 4.90 Å². The van der Waals surface area contributed by atoms with E-state index in [4.69, 9.17) is 0 Å². The Kier molecular flexibility index (Phi) is 4.50. The monoisotopic (exact) mass is 288 g/mol. The van der Waals surface area contributed by atoms with Crippen molar-refractivity contribution in [1.29, 1.82) is 0 Å². The SMILES string of the molecule is CCCC1NC(CC)C(=O)N1CC1CCCS1(=O)=O. The quantitative estimate of drug-likeness (QED) is 0.816. The number of hydrogen-bond acceptors (Lipinski definition) is 4. The molecule has 3 unspecified atom stereocenters. The maximum Gasteiger partial charge on any atom is 0.241 e. The first-order valence-electron chi connectivity index (χ1n) is 7.27. The van der Waals surface area contributed by atoms with Crippen molar-refractivity contribution in [3.05, 3.63) is 0 Å². The molecule has 1 amide bonds. The Bertz CT molecular complexity index is 435. The first-order chi connectivity index (χ1) is 8.99. The van der Waals surface area contributed by atoms with Gasteiger partial charge in [-0.3, -0.25) is 10.1 Å². The van der Waals surface area contributed by atoms with Crippen LogP contribution in [0.2, 0.25) is 0 Å². The van der Waals surface area contributed by atoms with Gasteiger partial charge in [0.2, 0.25) is 5.91 Å². The maximum absolute atomic E-state index is 12.3. The second kappa shape index (κ2) is 5.79. The molecule has 2 heterocycles. The van der Waals surface area contributed by atoms with E-state index in [1.807, 2.05) is 6.92 Å². The topological polar surface area (TPSA) is 66.5 Å². The third-order valence-electron chi connectivity index (χ3n) is 4.18. The molecule has 0 aliphatic carbocycles. The standard InChI is InChI=1S/C13H24N2O3S/c1-3-6-12-14-11(4-2)13(16)15(12)9-10-7-5-8-19(10,17)18/h10-12,14H,3-9H2,1-2H3.